The van der Waals surface area contributed by atoms with Gasteiger partial charge in [0.25, 0.3) is 0 Å². The number of ketones is 1. The Labute approximate surface area is 212 Å². The van der Waals surface area contributed by atoms with Crippen molar-refractivity contribution in [2.75, 3.05) is 12.2 Å². The minimum atomic E-state index is -2.05. The zero-order valence-electron chi connectivity index (χ0n) is 19.3. The van der Waals surface area contributed by atoms with E-state index in [0.717, 1.165) is 0 Å². The van der Waals surface area contributed by atoms with Crippen molar-refractivity contribution in [1.82, 2.24) is 0 Å². The van der Waals surface area contributed by atoms with Gasteiger partial charge in [-0.05, 0) is 63.4 Å². The largest absolute Gasteiger partial charge is 0.452 e. The van der Waals surface area contributed by atoms with Gasteiger partial charge in [-0.25, -0.2) is 14.0 Å². The molecule has 188 valence electrons. The molecule has 6 nitrogen and oxygen atoms in total. The van der Waals surface area contributed by atoms with Gasteiger partial charge in [0.15, 0.2) is 11.5 Å². The lowest BCUT2D eigenvalue weighted by atomic mass is 9.45. The second-order valence-electron chi connectivity index (χ2n) is 10.2. The van der Waals surface area contributed by atoms with E-state index in [0.29, 0.717) is 24.8 Å². The molecule has 7 atom stereocenters. The summed E-state index contributed by atoms with van der Waals surface area (Å²) in [6, 6.07) is 0. The number of thioether (sulfide) groups is 1. The summed E-state index contributed by atoms with van der Waals surface area (Å²) in [6.07, 6.45) is 5.96. The number of aliphatic hydroxyl groups excluding tert-OH is 1. The van der Waals surface area contributed by atoms with Crippen molar-refractivity contribution in [2.45, 2.75) is 68.2 Å². The van der Waals surface area contributed by atoms with E-state index >= 15 is 4.39 Å². The van der Waals surface area contributed by atoms with Gasteiger partial charge in [0.05, 0.1) is 6.10 Å². The van der Waals surface area contributed by atoms with E-state index in [1.54, 1.807) is 26.2 Å². The molecule has 4 rings (SSSR count). The third-order valence-electron chi connectivity index (χ3n) is 8.85. The maximum atomic E-state index is 17.2. The van der Waals surface area contributed by atoms with Crippen LogP contribution in [0, 0.1) is 22.7 Å². The molecule has 0 aliphatic heterocycles. The van der Waals surface area contributed by atoms with Gasteiger partial charge in [-0.1, -0.05) is 41.8 Å². The minimum Gasteiger partial charge on any atom is -0.452 e. The second kappa shape index (κ2) is 8.79. The lowest BCUT2D eigenvalue weighted by Crippen LogP contribution is -2.69. The van der Waals surface area contributed by atoms with Crippen molar-refractivity contribution >= 4 is 52.7 Å². The number of hydrogen-bond donors (Lipinski definition) is 1. The fourth-order valence-electron chi connectivity index (χ4n) is 7.19. The van der Waals surface area contributed by atoms with Crippen molar-refractivity contribution in [3.05, 3.63) is 23.8 Å². The summed E-state index contributed by atoms with van der Waals surface area (Å²) in [4.78, 5) is 36.4. The Morgan fingerprint density at radius 2 is 2.00 bits per heavy atom. The van der Waals surface area contributed by atoms with Crippen molar-refractivity contribution in [3.63, 3.8) is 0 Å². The summed E-state index contributed by atoms with van der Waals surface area (Å²) < 4.78 is 28.3. The maximum absolute atomic E-state index is 17.2. The highest BCUT2D eigenvalue weighted by atomic mass is 35.5. The predicted molar refractivity (Wildman–Crippen MR) is 127 cm³/mol. The van der Waals surface area contributed by atoms with E-state index in [1.165, 1.54) is 23.9 Å². The summed E-state index contributed by atoms with van der Waals surface area (Å²) >= 11 is 12.8. The van der Waals surface area contributed by atoms with E-state index in [2.05, 4.69) is 0 Å². The average Bonchev–Trinajstić information content (AvgIpc) is 3.06. The van der Waals surface area contributed by atoms with Crippen LogP contribution in [-0.2, 0) is 23.9 Å². The molecule has 0 amide bonds. The van der Waals surface area contributed by atoms with Crippen molar-refractivity contribution in [3.8, 4) is 0 Å². The predicted octanol–water partition coefficient (Wildman–Crippen LogP) is 4.31. The Morgan fingerprint density at radius 1 is 1.29 bits per heavy atom. The molecular formula is C24H29Cl2FO6S. The van der Waals surface area contributed by atoms with Crippen LogP contribution in [0.4, 0.5) is 4.39 Å². The number of carbonyl (C=O) groups is 3. The molecule has 0 saturated heterocycles. The van der Waals surface area contributed by atoms with E-state index < -0.39 is 50.9 Å². The normalized spacial score (nSPS) is 43.0. The molecule has 0 aromatic heterocycles. The summed E-state index contributed by atoms with van der Waals surface area (Å²) in [5, 5.41) is 11.4. The molecular weight excluding hydrogens is 506 g/mol. The minimum absolute atomic E-state index is 0.0497. The van der Waals surface area contributed by atoms with Crippen LogP contribution in [-0.4, -0.2) is 57.2 Å². The van der Waals surface area contributed by atoms with Gasteiger partial charge >= 0.3 is 11.9 Å². The molecule has 4 aliphatic carbocycles. The standard InChI is InChI=1S/C24H29Cl2FO6S/c1-21-8-6-14(28)10-13(21)4-5-16-15-7-9-23(20(31)32-12-34-3,33-19(30)18(25)26)22(15,2)11-17(29)24(16,21)27/h6,8,10,15-18,29H,4-5,7,9,11-12H2,1-3H3/t15-,16-,17-,21-,22-,23-,24-/m0/s1. The van der Waals surface area contributed by atoms with Crippen LogP contribution in [0.5, 0.6) is 0 Å². The number of fused-ring (bicyclic) bond motifs is 5. The highest BCUT2D eigenvalue weighted by Gasteiger charge is 2.76. The van der Waals surface area contributed by atoms with Gasteiger partial charge in [0.1, 0.15) is 5.94 Å². The van der Waals surface area contributed by atoms with Crippen LogP contribution in [0.25, 0.3) is 0 Å². The topological polar surface area (TPSA) is 89.9 Å². The highest BCUT2D eigenvalue weighted by molar-refractivity contribution is 7.98. The lowest BCUT2D eigenvalue weighted by molar-refractivity contribution is -0.231. The summed E-state index contributed by atoms with van der Waals surface area (Å²) in [7, 11) is 0. The third-order valence-corrected chi connectivity index (χ3v) is 9.56. The summed E-state index contributed by atoms with van der Waals surface area (Å²) in [5.74, 6) is -2.87. The van der Waals surface area contributed by atoms with Crippen LogP contribution in [0.2, 0.25) is 0 Å². The fourth-order valence-corrected chi connectivity index (χ4v) is 7.50. The third kappa shape index (κ3) is 3.42. The van der Waals surface area contributed by atoms with Crippen molar-refractivity contribution in [1.29, 1.82) is 0 Å². The number of halogens is 3. The smallest absolute Gasteiger partial charge is 0.352 e. The van der Waals surface area contributed by atoms with Crippen LogP contribution in [0.15, 0.2) is 23.8 Å². The average molecular weight is 535 g/mol. The molecule has 10 heteroatoms. The second-order valence-corrected chi connectivity index (χ2v) is 12.1. The van der Waals surface area contributed by atoms with Crippen LogP contribution in [0.3, 0.4) is 0 Å². The van der Waals surface area contributed by atoms with Crippen molar-refractivity contribution in [2.24, 2.45) is 22.7 Å². The highest BCUT2D eigenvalue weighted by Crippen LogP contribution is 2.70. The molecule has 4 aliphatic rings. The molecule has 0 spiro atoms. The van der Waals surface area contributed by atoms with Crippen LogP contribution in [0.1, 0.15) is 46.0 Å². The Hall–Kier alpha value is -1.09. The fraction of sp³-hybridized carbons (Fsp3) is 0.708. The molecule has 1 N–H and O–H groups in total. The first kappa shape index (κ1) is 26.0. The van der Waals surface area contributed by atoms with Crippen LogP contribution < -0.4 is 0 Å². The number of carbonyl (C=O) groups excluding carboxylic acids is 3. The number of esters is 2. The zero-order valence-corrected chi connectivity index (χ0v) is 21.6. The molecule has 0 radical (unpaired) electrons. The first-order chi connectivity index (χ1) is 15.9. The van der Waals surface area contributed by atoms with Gasteiger partial charge in [0, 0.05) is 16.7 Å². The Morgan fingerprint density at radius 3 is 2.65 bits per heavy atom. The molecule has 3 fully saturated rings. The maximum Gasteiger partial charge on any atom is 0.352 e. The van der Waals surface area contributed by atoms with E-state index in [9.17, 15) is 19.5 Å². The molecule has 0 aromatic carbocycles. The number of hydrogen-bond acceptors (Lipinski definition) is 7. The molecule has 34 heavy (non-hydrogen) atoms. The molecule has 0 unspecified atom stereocenters. The lowest BCUT2D eigenvalue weighted by Gasteiger charge is -2.62. The first-order valence-electron chi connectivity index (χ1n) is 11.4. The molecule has 0 aromatic rings. The van der Waals surface area contributed by atoms with Gasteiger partial charge in [-0.15, -0.1) is 11.8 Å². The van der Waals surface area contributed by atoms with Crippen molar-refractivity contribution < 1.29 is 33.4 Å². The zero-order chi connectivity index (χ0) is 25.1. The molecule has 0 bridgehead atoms. The molecule has 3 saturated carbocycles. The summed E-state index contributed by atoms with van der Waals surface area (Å²) in [5.41, 5.74) is -5.38. The number of alkyl halides is 3. The number of rotatable bonds is 5. The van der Waals surface area contributed by atoms with E-state index in [4.69, 9.17) is 32.7 Å². The Balaban J connectivity index is 1.78. The quantitative estimate of drug-likeness (QED) is 0.319. The first-order valence-corrected chi connectivity index (χ1v) is 13.6. The number of ether oxygens (including phenoxy) is 2. The van der Waals surface area contributed by atoms with E-state index in [1.807, 2.05) is 0 Å². The monoisotopic (exact) mass is 534 g/mol. The summed E-state index contributed by atoms with van der Waals surface area (Å²) in [6.45, 7) is 3.48. The van der Waals surface area contributed by atoms with Gasteiger partial charge in [-0.2, -0.15) is 0 Å². The number of aliphatic hydroxyl groups is 1. The van der Waals surface area contributed by atoms with Gasteiger partial charge in [0.2, 0.25) is 10.4 Å². The SMILES string of the molecule is CSCOC(=O)[C@@]1(OC(=O)C(Cl)Cl)CC[C@H]2[C@@H]3CCC4=CC(=O)C=C[C@]4(C)[C@@]3(F)[C@@H](O)C[C@@]21C. The van der Waals surface area contributed by atoms with Crippen LogP contribution >= 0.6 is 35.0 Å². The molecule has 0 heterocycles. The van der Waals surface area contributed by atoms with Gasteiger partial charge in [-0.3, -0.25) is 4.79 Å². The Kier molecular flexibility index (Phi) is 6.71. The van der Waals surface area contributed by atoms with E-state index in [-0.39, 0.29) is 30.5 Å². The van der Waals surface area contributed by atoms with Gasteiger partial charge < -0.3 is 14.6 Å². The number of allylic oxidation sites excluding steroid dienone is 4. The Bertz CT molecular complexity index is 971.